The Morgan fingerprint density at radius 2 is 1.34 bits per heavy atom. The van der Waals surface area contributed by atoms with Crippen LogP contribution in [0.3, 0.4) is 0 Å². The van der Waals surface area contributed by atoms with Crippen molar-refractivity contribution in [1.82, 2.24) is 9.55 Å². The van der Waals surface area contributed by atoms with E-state index in [-0.39, 0.29) is 31.9 Å². The van der Waals surface area contributed by atoms with E-state index in [0.717, 1.165) is 50.7 Å². The number of anilines is 6. The van der Waals surface area contributed by atoms with Crippen molar-refractivity contribution in [2.24, 2.45) is 0 Å². The van der Waals surface area contributed by atoms with E-state index in [2.05, 4.69) is 237 Å². The van der Waals surface area contributed by atoms with Crippen LogP contribution in [0.1, 0.15) is 51.3 Å². The van der Waals surface area contributed by atoms with Gasteiger partial charge in [0, 0.05) is 73.4 Å². The molecule has 6 heteroatoms. The van der Waals surface area contributed by atoms with Gasteiger partial charge in [0.25, 0.3) is 0 Å². The molecule has 7 aromatic carbocycles. The van der Waals surface area contributed by atoms with Crippen molar-refractivity contribution in [2.45, 2.75) is 45.4 Å². The second kappa shape index (κ2) is 14.9. The van der Waals surface area contributed by atoms with Gasteiger partial charge in [-0.25, -0.2) is 4.98 Å². The summed E-state index contributed by atoms with van der Waals surface area (Å²) in [6.07, 6.45) is 1.93. The summed E-state index contributed by atoms with van der Waals surface area (Å²) < 4.78 is 2.26. The zero-order valence-electron chi connectivity index (χ0n) is 35.7. The average molecular weight is 984 g/mol. The molecule has 1 aliphatic carbocycles. The maximum Gasteiger partial charge on any atom is 0.135 e. The Balaban J connectivity index is 0.00000458. The number of para-hydroxylation sites is 3. The van der Waals surface area contributed by atoms with Crippen LogP contribution in [-0.2, 0) is 31.9 Å². The number of hydrogen-bond donors (Lipinski definition) is 0. The summed E-state index contributed by atoms with van der Waals surface area (Å²) in [4.78, 5) is 11.8. The standard InChI is InChI=1S/C56H46N5.Pt/c1-55(2,3)38-31-32-57-52(33-38)61-48-24-13-11-21-43(48)44-28-27-40(35-51(44)61)58(6)39-19-16-20-41(34-39)59-36-60(50-26-15-14-25-49(50)59)54-42(37-17-8-7-9-18-37)29-30-47-53(54)45-22-10-12-23-46(45)56(47,4)5;/h7-33,36H,1-6H3;/q-3;. The molecular formula is C56H46N5Pt-3. The summed E-state index contributed by atoms with van der Waals surface area (Å²) in [7, 11) is 2.10. The van der Waals surface area contributed by atoms with Crippen LogP contribution in [0.15, 0.2) is 164 Å². The Kier molecular flexibility index (Phi) is 9.53. The summed E-state index contributed by atoms with van der Waals surface area (Å²) >= 11 is 0. The fourth-order valence-corrected chi connectivity index (χ4v) is 9.59. The maximum absolute atomic E-state index is 4.90. The molecule has 2 aliphatic rings. The van der Waals surface area contributed by atoms with E-state index < -0.39 is 0 Å². The first-order valence-electron chi connectivity index (χ1n) is 21.1. The topological polar surface area (TPSA) is 27.5 Å². The van der Waals surface area contributed by atoms with Crippen molar-refractivity contribution in [3.8, 4) is 28.1 Å². The largest absolute Gasteiger partial charge is 0.493 e. The van der Waals surface area contributed by atoms with Crippen molar-refractivity contribution in [3.05, 3.63) is 199 Å². The number of pyridine rings is 1. The van der Waals surface area contributed by atoms with Gasteiger partial charge in [-0.3, -0.25) is 0 Å². The summed E-state index contributed by atoms with van der Waals surface area (Å²) in [6.45, 7) is 13.7. The van der Waals surface area contributed by atoms with Gasteiger partial charge in [0.2, 0.25) is 0 Å². The van der Waals surface area contributed by atoms with Crippen LogP contribution in [0.25, 0.3) is 49.9 Å². The Bertz CT molecular complexity index is 3180. The van der Waals surface area contributed by atoms with Gasteiger partial charge in [0.1, 0.15) is 5.82 Å². The monoisotopic (exact) mass is 983 g/mol. The average Bonchev–Trinajstić information content (AvgIpc) is 3.91. The van der Waals surface area contributed by atoms with Crippen molar-refractivity contribution in [2.75, 3.05) is 21.7 Å². The van der Waals surface area contributed by atoms with E-state index >= 15 is 0 Å². The molecule has 308 valence electrons. The molecule has 5 nitrogen and oxygen atoms in total. The van der Waals surface area contributed by atoms with Crippen molar-refractivity contribution in [1.29, 1.82) is 0 Å². The van der Waals surface area contributed by atoms with Crippen molar-refractivity contribution >= 4 is 55.9 Å². The molecule has 0 radical (unpaired) electrons. The van der Waals surface area contributed by atoms with Gasteiger partial charge in [-0.15, -0.1) is 48.1 Å². The third-order valence-corrected chi connectivity index (χ3v) is 12.8. The smallest absolute Gasteiger partial charge is 0.135 e. The number of rotatable bonds is 6. The van der Waals surface area contributed by atoms with Gasteiger partial charge in [0.05, 0.1) is 0 Å². The molecule has 11 rings (SSSR count). The number of fused-ring (bicyclic) bond motifs is 7. The van der Waals surface area contributed by atoms with Gasteiger partial charge >= 0.3 is 0 Å². The second-order valence-corrected chi connectivity index (χ2v) is 17.9. The fraction of sp³-hybridized carbons (Fsp3) is 0.143. The van der Waals surface area contributed by atoms with Gasteiger partial charge in [-0.2, -0.15) is 12.1 Å². The van der Waals surface area contributed by atoms with Gasteiger partial charge in [-0.05, 0) is 69.0 Å². The molecule has 0 saturated carbocycles. The Labute approximate surface area is 379 Å². The fourth-order valence-electron chi connectivity index (χ4n) is 9.59. The van der Waals surface area contributed by atoms with Crippen molar-refractivity contribution < 1.29 is 21.1 Å². The molecule has 0 amide bonds. The Hall–Kier alpha value is -6.42. The van der Waals surface area contributed by atoms with E-state index in [1.165, 1.54) is 50.0 Å². The zero-order chi connectivity index (χ0) is 41.6. The van der Waals surface area contributed by atoms with Crippen LogP contribution in [0.4, 0.5) is 34.1 Å². The van der Waals surface area contributed by atoms with E-state index in [4.69, 9.17) is 4.98 Å². The number of hydrogen-bond acceptors (Lipinski definition) is 4. The number of aromatic nitrogens is 2. The van der Waals surface area contributed by atoms with E-state index in [1.54, 1.807) is 0 Å². The molecule has 62 heavy (non-hydrogen) atoms. The molecule has 3 heterocycles. The second-order valence-electron chi connectivity index (χ2n) is 17.9. The van der Waals surface area contributed by atoms with Crippen LogP contribution >= 0.6 is 0 Å². The molecule has 0 fully saturated rings. The predicted octanol–water partition coefficient (Wildman–Crippen LogP) is 14.2. The summed E-state index contributed by atoms with van der Waals surface area (Å²) in [5.41, 5.74) is 17.1. The first-order chi connectivity index (χ1) is 29.6. The van der Waals surface area contributed by atoms with Crippen LogP contribution in [0.2, 0.25) is 0 Å². The number of nitrogens with zero attached hydrogens (tertiary/aromatic N) is 5. The minimum atomic E-state index is -0.136. The molecule has 9 aromatic rings. The maximum atomic E-state index is 4.90. The molecule has 0 spiro atoms. The van der Waals surface area contributed by atoms with E-state index in [1.807, 2.05) is 6.20 Å². The molecule has 2 aromatic heterocycles. The summed E-state index contributed by atoms with van der Waals surface area (Å²) in [6, 6.07) is 64.4. The molecule has 0 atom stereocenters. The minimum Gasteiger partial charge on any atom is -0.493 e. The van der Waals surface area contributed by atoms with Gasteiger partial charge in [0.15, 0.2) is 0 Å². The van der Waals surface area contributed by atoms with Crippen LogP contribution in [0.5, 0.6) is 0 Å². The third kappa shape index (κ3) is 6.20. The molecule has 0 saturated heterocycles. The predicted molar refractivity (Wildman–Crippen MR) is 254 cm³/mol. The first kappa shape index (κ1) is 39.7. The summed E-state index contributed by atoms with van der Waals surface area (Å²) in [5.74, 6) is 0.891. The van der Waals surface area contributed by atoms with Gasteiger partial charge < -0.3 is 19.3 Å². The zero-order valence-corrected chi connectivity index (χ0v) is 38.0. The first-order valence-corrected chi connectivity index (χ1v) is 21.1. The Morgan fingerprint density at radius 3 is 2.15 bits per heavy atom. The molecular weight excluding hydrogens is 938 g/mol. The molecule has 0 bridgehead atoms. The molecule has 0 N–H and O–H groups in total. The van der Waals surface area contributed by atoms with Gasteiger partial charge in [-0.1, -0.05) is 149 Å². The third-order valence-electron chi connectivity index (χ3n) is 12.8. The quantitative estimate of drug-likeness (QED) is 0.155. The summed E-state index contributed by atoms with van der Waals surface area (Å²) in [5, 5.41) is 2.32. The number of benzene rings is 7. The van der Waals surface area contributed by atoms with E-state index in [9.17, 15) is 0 Å². The van der Waals surface area contributed by atoms with Crippen LogP contribution in [0, 0.1) is 18.8 Å². The van der Waals surface area contributed by atoms with Crippen LogP contribution < -0.4 is 14.7 Å². The Morgan fingerprint density at radius 1 is 0.629 bits per heavy atom. The van der Waals surface area contributed by atoms with Crippen molar-refractivity contribution in [3.63, 3.8) is 0 Å². The molecule has 1 aliphatic heterocycles. The minimum absolute atomic E-state index is 0. The van der Waals surface area contributed by atoms with E-state index in [0.29, 0.717) is 0 Å². The van der Waals surface area contributed by atoms with Crippen LogP contribution in [-0.4, -0.2) is 16.6 Å². The normalized spacial score (nSPS) is 13.8. The SMILES string of the molecule is CN(c1[c-]c(N2[CH-]N(c3c(-c4ccccc4)ccc4c3-c3ccccc3C4(C)C)c3ccccc32)ccc1)c1[c-]c2c(cc1)c1ccccc1n2-c1cc(C(C)(C)C)ccn1.[Pt]. The molecule has 0 unspecified atom stereocenters.